The highest BCUT2D eigenvalue weighted by Crippen LogP contribution is 2.21. The number of rotatable bonds is 11. The number of ether oxygens (including phenoxy) is 1. The molecule has 5 amide bonds. The lowest BCUT2D eigenvalue weighted by Crippen LogP contribution is -2.59. The van der Waals surface area contributed by atoms with Crippen LogP contribution in [-0.4, -0.2) is 61.0 Å². The van der Waals surface area contributed by atoms with E-state index in [0.717, 1.165) is 0 Å². The van der Waals surface area contributed by atoms with E-state index in [9.17, 15) is 24.0 Å². The van der Waals surface area contributed by atoms with E-state index in [-0.39, 0.29) is 24.9 Å². The highest BCUT2D eigenvalue weighted by molar-refractivity contribution is 5.94. The van der Waals surface area contributed by atoms with E-state index in [2.05, 4.69) is 21.3 Å². The number of alkyl carbamates (subject to hydrolysis) is 1. The lowest BCUT2D eigenvalue weighted by Gasteiger charge is -2.32. The fraction of sp³-hybridized carbons (Fsp3) is 0.773. The smallest absolute Gasteiger partial charge is 0.407 e. The lowest BCUT2D eigenvalue weighted by atomic mass is 9.86. The van der Waals surface area contributed by atoms with Crippen LogP contribution in [0, 0.1) is 17.3 Å². The third-order valence-corrected chi connectivity index (χ3v) is 5.35. The second kappa shape index (κ2) is 12.4. The van der Waals surface area contributed by atoms with Crippen LogP contribution in [0.5, 0.6) is 0 Å². The van der Waals surface area contributed by atoms with Crippen LogP contribution in [0.3, 0.4) is 0 Å². The predicted molar refractivity (Wildman–Crippen MR) is 122 cm³/mol. The van der Waals surface area contributed by atoms with E-state index in [4.69, 9.17) is 10.5 Å². The van der Waals surface area contributed by atoms with E-state index < -0.39 is 53.3 Å². The van der Waals surface area contributed by atoms with E-state index >= 15 is 0 Å². The van der Waals surface area contributed by atoms with Crippen LogP contribution < -0.4 is 27.0 Å². The molecule has 33 heavy (non-hydrogen) atoms. The monoisotopic (exact) mass is 469 g/mol. The summed E-state index contributed by atoms with van der Waals surface area (Å²) in [6, 6.07) is -2.98. The Morgan fingerprint density at radius 1 is 1.09 bits per heavy atom. The van der Waals surface area contributed by atoms with Gasteiger partial charge in [-0.05, 0) is 37.5 Å². The molecule has 1 heterocycles. The number of carbonyl (C=O) groups is 5. The minimum absolute atomic E-state index is 0.0415. The number of nitrogens with two attached hydrogens (primary N) is 1. The van der Waals surface area contributed by atoms with Crippen LogP contribution in [0.1, 0.15) is 60.8 Å². The van der Waals surface area contributed by atoms with Crippen molar-refractivity contribution in [1.82, 2.24) is 21.3 Å². The molecule has 0 aromatic carbocycles. The number of amides is 5. The SMILES string of the molecule is CCOC(=O)NC(C(=O)N[C@@H](CC(C)C)C(=O)N[C@@H](C[C@@H]1CCNC1=O)C(N)=O)C(C)(C)C. The van der Waals surface area contributed by atoms with Gasteiger partial charge in [-0.3, -0.25) is 19.2 Å². The fourth-order valence-corrected chi connectivity index (χ4v) is 3.60. The summed E-state index contributed by atoms with van der Waals surface area (Å²) in [5.41, 5.74) is 4.80. The van der Waals surface area contributed by atoms with Crippen molar-refractivity contribution in [3.63, 3.8) is 0 Å². The molecule has 1 aliphatic rings. The minimum Gasteiger partial charge on any atom is -0.450 e. The molecule has 0 saturated carbocycles. The molecule has 1 rings (SSSR count). The van der Waals surface area contributed by atoms with Gasteiger partial charge in [-0.25, -0.2) is 4.79 Å². The van der Waals surface area contributed by atoms with Gasteiger partial charge in [-0.15, -0.1) is 0 Å². The molecule has 4 atom stereocenters. The van der Waals surface area contributed by atoms with E-state index in [1.54, 1.807) is 27.7 Å². The number of nitrogens with one attached hydrogen (secondary N) is 4. The maximum absolute atomic E-state index is 13.1. The van der Waals surface area contributed by atoms with Gasteiger partial charge in [0.05, 0.1) is 6.61 Å². The van der Waals surface area contributed by atoms with Crippen molar-refractivity contribution in [1.29, 1.82) is 0 Å². The molecule has 0 aromatic heterocycles. The Labute approximate surface area is 195 Å². The predicted octanol–water partition coefficient (Wildman–Crippen LogP) is 0.174. The molecule has 1 aliphatic heterocycles. The molecule has 0 radical (unpaired) electrons. The Bertz CT molecular complexity index is 733. The summed E-state index contributed by atoms with van der Waals surface area (Å²) >= 11 is 0. The van der Waals surface area contributed by atoms with Gasteiger partial charge in [0.2, 0.25) is 23.6 Å². The zero-order chi connectivity index (χ0) is 25.3. The van der Waals surface area contributed by atoms with Crippen LogP contribution in [0.2, 0.25) is 0 Å². The van der Waals surface area contributed by atoms with Crippen LogP contribution in [0.15, 0.2) is 0 Å². The van der Waals surface area contributed by atoms with Crippen molar-refractivity contribution in [3.05, 3.63) is 0 Å². The summed E-state index contributed by atoms with van der Waals surface area (Å²) in [6.45, 7) is 11.4. The normalized spacial score (nSPS) is 18.6. The number of carbonyl (C=O) groups excluding carboxylic acids is 5. The van der Waals surface area contributed by atoms with Crippen molar-refractivity contribution in [2.24, 2.45) is 23.0 Å². The Morgan fingerprint density at radius 3 is 2.15 bits per heavy atom. The summed E-state index contributed by atoms with van der Waals surface area (Å²) in [5.74, 6) is -2.44. The summed E-state index contributed by atoms with van der Waals surface area (Å²) in [4.78, 5) is 61.8. The molecule has 0 aliphatic carbocycles. The van der Waals surface area contributed by atoms with Crippen molar-refractivity contribution < 1.29 is 28.7 Å². The first-order valence-electron chi connectivity index (χ1n) is 11.4. The first kappa shape index (κ1) is 28.2. The summed E-state index contributed by atoms with van der Waals surface area (Å²) in [5, 5.41) is 10.5. The standard InChI is InChI=1S/C22H39N5O6/c1-7-33-21(32)27-16(22(4,5)6)20(31)26-15(10-12(2)3)19(30)25-14(17(23)28)11-13-8-9-24-18(13)29/h12-16H,7-11H2,1-6H3,(H2,23,28)(H,24,29)(H,25,30)(H,26,31)(H,27,32)/t13-,14-,15-,16?/m0/s1. The van der Waals surface area contributed by atoms with Gasteiger partial charge in [0, 0.05) is 12.5 Å². The largest absolute Gasteiger partial charge is 0.450 e. The quantitative estimate of drug-likeness (QED) is 0.289. The third-order valence-electron chi connectivity index (χ3n) is 5.35. The van der Waals surface area contributed by atoms with E-state index in [1.807, 2.05) is 13.8 Å². The lowest BCUT2D eigenvalue weighted by molar-refractivity contribution is -0.133. The summed E-state index contributed by atoms with van der Waals surface area (Å²) in [7, 11) is 0. The molecular weight excluding hydrogens is 430 g/mol. The van der Waals surface area contributed by atoms with Gasteiger partial charge in [0.1, 0.15) is 18.1 Å². The van der Waals surface area contributed by atoms with Crippen LogP contribution in [0.25, 0.3) is 0 Å². The Balaban J connectivity index is 2.97. The molecule has 6 N–H and O–H groups in total. The maximum atomic E-state index is 13.1. The average molecular weight is 470 g/mol. The van der Waals surface area contributed by atoms with E-state index in [1.165, 1.54) is 0 Å². The van der Waals surface area contributed by atoms with Gasteiger partial charge >= 0.3 is 6.09 Å². The maximum Gasteiger partial charge on any atom is 0.407 e. The molecule has 1 saturated heterocycles. The zero-order valence-electron chi connectivity index (χ0n) is 20.4. The fourth-order valence-electron chi connectivity index (χ4n) is 3.60. The second-order valence-electron chi connectivity index (χ2n) is 9.83. The number of hydrogen-bond donors (Lipinski definition) is 5. The molecule has 0 aromatic rings. The van der Waals surface area contributed by atoms with Crippen molar-refractivity contribution in [2.75, 3.05) is 13.2 Å². The van der Waals surface area contributed by atoms with Gasteiger partial charge < -0.3 is 31.7 Å². The average Bonchev–Trinajstić information content (AvgIpc) is 3.08. The molecule has 11 heteroatoms. The Hall–Kier alpha value is -2.85. The Kier molecular flexibility index (Phi) is 10.6. The molecule has 0 bridgehead atoms. The topological polar surface area (TPSA) is 169 Å². The van der Waals surface area contributed by atoms with Crippen LogP contribution in [-0.2, 0) is 23.9 Å². The molecule has 0 spiro atoms. The number of hydrogen-bond acceptors (Lipinski definition) is 6. The first-order chi connectivity index (χ1) is 15.3. The van der Waals surface area contributed by atoms with Crippen molar-refractivity contribution >= 4 is 29.7 Å². The van der Waals surface area contributed by atoms with Gasteiger partial charge in [-0.1, -0.05) is 34.6 Å². The minimum atomic E-state index is -1.05. The van der Waals surface area contributed by atoms with Crippen molar-refractivity contribution in [2.45, 2.75) is 78.9 Å². The van der Waals surface area contributed by atoms with Gasteiger partial charge in [0.15, 0.2) is 0 Å². The molecular formula is C22H39N5O6. The van der Waals surface area contributed by atoms with Crippen LogP contribution >= 0.6 is 0 Å². The Morgan fingerprint density at radius 2 is 1.70 bits per heavy atom. The van der Waals surface area contributed by atoms with Crippen LogP contribution in [0.4, 0.5) is 4.79 Å². The summed E-state index contributed by atoms with van der Waals surface area (Å²) < 4.78 is 4.89. The van der Waals surface area contributed by atoms with Gasteiger partial charge in [-0.2, -0.15) is 0 Å². The third kappa shape index (κ3) is 9.27. The number of primary amides is 1. The van der Waals surface area contributed by atoms with Gasteiger partial charge in [0.25, 0.3) is 0 Å². The highest BCUT2D eigenvalue weighted by Gasteiger charge is 2.37. The molecule has 188 valence electrons. The summed E-state index contributed by atoms with van der Waals surface area (Å²) in [6.07, 6.45) is 0.200. The molecule has 11 nitrogen and oxygen atoms in total. The zero-order valence-corrected chi connectivity index (χ0v) is 20.4. The van der Waals surface area contributed by atoms with E-state index in [0.29, 0.717) is 19.4 Å². The molecule has 1 unspecified atom stereocenters. The second-order valence-corrected chi connectivity index (χ2v) is 9.83. The van der Waals surface area contributed by atoms with Crippen molar-refractivity contribution in [3.8, 4) is 0 Å². The molecule has 1 fully saturated rings. The first-order valence-corrected chi connectivity index (χ1v) is 11.4. The highest BCUT2D eigenvalue weighted by atomic mass is 16.5.